The second-order valence-corrected chi connectivity index (χ2v) is 8.14. The summed E-state index contributed by atoms with van der Waals surface area (Å²) in [4.78, 5) is 17.1. The highest BCUT2D eigenvalue weighted by molar-refractivity contribution is 5.94. The minimum Gasteiger partial charge on any atom is -0.378 e. The van der Waals surface area contributed by atoms with Crippen molar-refractivity contribution >= 4 is 11.6 Å². The molecule has 1 aliphatic carbocycles. The predicted molar refractivity (Wildman–Crippen MR) is 107 cm³/mol. The van der Waals surface area contributed by atoms with Gasteiger partial charge in [-0.25, -0.2) is 0 Å². The summed E-state index contributed by atoms with van der Waals surface area (Å²) in [6, 6.07) is 8.94. The molecule has 4 rings (SSSR count). The highest BCUT2D eigenvalue weighted by Crippen LogP contribution is 2.29. The van der Waals surface area contributed by atoms with E-state index in [4.69, 9.17) is 4.74 Å². The van der Waals surface area contributed by atoms with E-state index in [1.54, 1.807) is 0 Å². The van der Waals surface area contributed by atoms with E-state index in [0.717, 1.165) is 38.4 Å². The fourth-order valence-corrected chi connectivity index (χ4v) is 4.73. The molecule has 0 radical (unpaired) electrons. The summed E-state index contributed by atoms with van der Waals surface area (Å²) in [6.07, 6.45) is 6.46. The third-order valence-electron chi connectivity index (χ3n) is 6.35. The normalized spacial score (nSPS) is 28.5. The molecular weight excluding hydrogens is 340 g/mol. The van der Waals surface area contributed by atoms with Crippen LogP contribution in [0.2, 0.25) is 0 Å². The number of amides is 1. The molecule has 2 heterocycles. The Morgan fingerprint density at radius 2 is 1.85 bits per heavy atom. The second-order valence-electron chi connectivity index (χ2n) is 8.14. The zero-order valence-electron chi connectivity index (χ0n) is 16.3. The lowest BCUT2D eigenvalue weighted by Crippen LogP contribution is -2.43. The fourth-order valence-electron chi connectivity index (χ4n) is 4.73. The number of hydrogen-bond donors (Lipinski definition) is 2. The maximum Gasteiger partial charge on any atom is 0.253 e. The molecule has 0 bridgehead atoms. The van der Waals surface area contributed by atoms with E-state index in [1.807, 2.05) is 24.1 Å². The van der Waals surface area contributed by atoms with Crippen molar-refractivity contribution in [2.24, 2.45) is 5.92 Å². The molecule has 0 aromatic heterocycles. The van der Waals surface area contributed by atoms with Gasteiger partial charge in [0.2, 0.25) is 0 Å². The Morgan fingerprint density at radius 1 is 1.11 bits per heavy atom. The monoisotopic (exact) mass is 372 g/mol. The van der Waals surface area contributed by atoms with Crippen LogP contribution in [0.15, 0.2) is 24.3 Å². The third kappa shape index (κ3) is 4.28. The van der Waals surface area contributed by atoms with Crippen molar-refractivity contribution in [2.45, 2.75) is 44.2 Å². The molecular formula is C21H32N4O2. The molecule has 1 saturated carbocycles. The first-order valence-electron chi connectivity index (χ1n) is 10.4. The number of nitrogens with zero attached hydrogens (tertiary/aromatic N) is 2. The van der Waals surface area contributed by atoms with Crippen LogP contribution in [0.4, 0.5) is 5.69 Å². The Morgan fingerprint density at radius 3 is 2.63 bits per heavy atom. The number of hydrogen-bond acceptors (Lipinski definition) is 5. The summed E-state index contributed by atoms with van der Waals surface area (Å²) in [6.45, 7) is 4.12. The van der Waals surface area contributed by atoms with Crippen molar-refractivity contribution < 1.29 is 9.53 Å². The van der Waals surface area contributed by atoms with Crippen LogP contribution in [-0.2, 0) is 4.74 Å². The lowest BCUT2D eigenvalue weighted by atomic mass is 9.90. The summed E-state index contributed by atoms with van der Waals surface area (Å²) < 4.78 is 5.41. The molecule has 3 fully saturated rings. The maximum absolute atomic E-state index is 12.9. The van der Waals surface area contributed by atoms with Crippen LogP contribution in [0, 0.1) is 5.92 Å². The van der Waals surface area contributed by atoms with Crippen LogP contribution >= 0.6 is 0 Å². The molecule has 27 heavy (non-hydrogen) atoms. The largest absolute Gasteiger partial charge is 0.378 e. The average molecular weight is 373 g/mol. The number of rotatable bonds is 4. The van der Waals surface area contributed by atoms with E-state index in [9.17, 15) is 4.79 Å². The van der Waals surface area contributed by atoms with Crippen molar-refractivity contribution in [3.8, 4) is 0 Å². The van der Waals surface area contributed by atoms with Gasteiger partial charge in [-0.15, -0.1) is 0 Å². The Bertz CT molecular complexity index is 630. The predicted octanol–water partition coefficient (Wildman–Crippen LogP) is 2.02. The van der Waals surface area contributed by atoms with Crippen LogP contribution in [0.5, 0.6) is 0 Å². The van der Waals surface area contributed by atoms with Gasteiger partial charge in [0.15, 0.2) is 0 Å². The van der Waals surface area contributed by atoms with E-state index >= 15 is 0 Å². The first-order valence-corrected chi connectivity index (χ1v) is 10.4. The number of anilines is 1. The number of benzene rings is 1. The summed E-state index contributed by atoms with van der Waals surface area (Å²) >= 11 is 0. The van der Waals surface area contributed by atoms with Gasteiger partial charge < -0.3 is 14.5 Å². The number of carbonyl (C=O) groups excluding carboxylic acids is 1. The van der Waals surface area contributed by atoms with Gasteiger partial charge >= 0.3 is 0 Å². The molecule has 2 saturated heterocycles. The lowest BCUT2D eigenvalue weighted by molar-refractivity contribution is 0.0774. The number of hydrazine groups is 1. The summed E-state index contributed by atoms with van der Waals surface area (Å²) in [7, 11) is 1.92. The molecule has 148 valence electrons. The van der Waals surface area contributed by atoms with Gasteiger partial charge in [-0.1, -0.05) is 19.3 Å². The zero-order valence-corrected chi connectivity index (χ0v) is 16.3. The minimum absolute atomic E-state index is 0.0994. The Labute approximate surface area is 162 Å². The molecule has 1 amide bonds. The van der Waals surface area contributed by atoms with E-state index < -0.39 is 0 Å². The highest BCUT2D eigenvalue weighted by atomic mass is 16.5. The molecule has 3 unspecified atom stereocenters. The van der Waals surface area contributed by atoms with Crippen LogP contribution < -0.4 is 15.8 Å². The van der Waals surface area contributed by atoms with Crippen LogP contribution in [0.3, 0.4) is 0 Å². The quantitative estimate of drug-likeness (QED) is 0.847. The third-order valence-corrected chi connectivity index (χ3v) is 6.35. The van der Waals surface area contributed by atoms with Crippen LogP contribution in [0.25, 0.3) is 0 Å². The topological polar surface area (TPSA) is 56.8 Å². The standard InChI is InChI=1S/C21H32N4O2/c1-24(15-20-18-5-3-2-4-6-19(18)22-23-20)21(26)16-7-9-17(10-8-16)25-11-13-27-14-12-25/h7-10,18-20,22-23H,2-6,11-15H2,1H3. The Balaban J connectivity index is 1.35. The number of nitrogens with one attached hydrogen (secondary N) is 2. The SMILES string of the molecule is CN(CC1NNC2CCCCCC21)C(=O)c1ccc(N2CCOCC2)cc1. The summed E-state index contributed by atoms with van der Waals surface area (Å²) in [5, 5.41) is 0. The van der Waals surface area contributed by atoms with Crippen LogP contribution in [0.1, 0.15) is 42.5 Å². The van der Waals surface area contributed by atoms with Gasteiger partial charge in [-0.2, -0.15) is 0 Å². The molecule has 1 aromatic rings. The fraction of sp³-hybridized carbons (Fsp3) is 0.667. The van der Waals surface area contributed by atoms with Gasteiger partial charge in [0.05, 0.1) is 13.2 Å². The molecule has 2 aliphatic heterocycles. The van der Waals surface area contributed by atoms with Crippen molar-refractivity contribution in [2.75, 3.05) is 44.8 Å². The lowest BCUT2D eigenvalue weighted by Gasteiger charge is -2.29. The molecule has 3 atom stereocenters. The molecule has 6 heteroatoms. The molecule has 3 aliphatic rings. The van der Waals surface area contributed by atoms with E-state index in [0.29, 0.717) is 18.0 Å². The van der Waals surface area contributed by atoms with E-state index in [1.165, 1.54) is 37.8 Å². The Hall–Kier alpha value is -1.63. The average Bonchev–Trinajstić information content (AvgIpc) is 2.94. The summed E-state index contributed by atoms with van der Waals surface area (Å²) in [5.41, 5.74) is 8.86. The number of fused-ring (bicyclic) bond motifs is 1. The maximum atomic E-state index is 12.9. The number of likely N-dealkylation sites (N-methyl/N-ethyl adjacent to an activating group) is 1. The van der Waals surface area contributed by atoms with Crippen molar-refractivity contribution in [3.63, 3.8) is 0 Å². The highest BCUT2D eigenvalue weighted by Gasteiger charge is 2.37. The van der Waals surface area contributed by atoms with E-state index in [2.05, 4.69) is 27.9 Å². The summed E-state index contributed by atoms with van der Waals surface area (Å²) in [5.74, 6) is 0.730. The first-order chi connectivity index (χ1) is 13.2. The van der Waals surface area contributed by atoms with Crippen molar-refractivity contribution in [1.29, 1.82) is 0 Å². The first kappa shape index (κ1) is 18.7. The van der Waals surface area contributed by atoms with Crippen LogP contribution in [-0.4, -0.2) is 62.8 Å². The van der Waals surface area contributed by atoms with Crippen molar-refractivity contribution in [1.82, 2.24) is 15.8 Å². The molecule has 1 aromatic carbocycles. The number of ether oxygens (including phenoxy) is 1. The van der Waals surface area contributed by atoms with E-state index in [-0.39, 0.29) is 5.91 Å². The van der Waals surface area contributed by atoms with Gasteiger partial charge in [0, 0.05) is 50.0 Å². The molecule has 6 nitrogen and oxygen atoms in total. The molecule has 2 N–H and O–H groups in total. The van der Waals surface area contributed by atoms with Gasteiger partial charge in [-0.05, 0) is 43.0 Å². The minimum atomic E-state index is 0.0994. The smallest absolute Gasteiger partial charge is 0.253 e. The van der Waals surface area contributed by atoms with Crippen molar-refractivity contribution in [3.05, 3.63) is 29.8 Å². The number of morpholine rings is 1. The zero-order chi connectivity index (χ0) is 18.6. The molecule has 0 spiro atoms. The second kappa shape index (κ2) is 8.59. The van der Waals surface area contributed by atoms with Gasteiger partial charge in [-0.3, -0.25) is 15.6 Å². The van der Waals surface area contributed by atoms with Gasteiger partial charge in [0.1, 0.15) is 0 Å². The Kier molecular flexibility index (Phi) is 5.95. The number of carbonyl (C=O) groups is 1. The van der Waals surface area contributed by atoms with Gasteiger partial charge in [0.25, 0.3) is 5.91 Å².